The summed E-state index contributed by atoms with van der Waals surface area (Å²) in [5.74, 6) is 0.877. The van der Waals surface area contributed by atoms with Crippen LogP contribution in [0.15, 0.2) is 61.2 Å². The number of likely N-dealkylation sites (N-methyl/N-ethyl adjacent to an activating group) is 1. The molecule has 21 heavy (non-hydrogen) atoms. The highest BCUT2D eigenvalue weighted by molar-refractivity contribution is 5.65. The first-order chi connectivity index (χ1) is 10.2. The first kappa shape index (κ1) is 14.7. The fourth-order valence-electron chi connectivity index (χ4n) is 1.94. The van der Waals surface area contributed by atoms with Crippen molar-refractivity contribution in [3.05, 3.63) is 72.3 Å². The summed E-state index contributed by atoms with van der Waals surface area (Å²) in [5.41, 5.74) is 3.23. The molecule has 0 saturated heterocycles. The van der Waals surface area contributed by atoms with E-state index in [0.29, 0.717) is 13.2 Å². The van der Waals surface area contributed by atoms with Crippen molar-refractivity contribution in [1.29, 1.82) is 0 Å². The van der Waals surface area contributed by atoms with Gasteiger partial charge in [-0.25, -0.2) is 0 Å². The Balaban J connectivity index is 1.93. The first-order valence-corrected chi connectivity index (χ1v) is 6.81. The van der Waals surface area contributed by atoms with Crippen LogP contribution in [0.4, 0.5) is 0 Å². The smallest absolute Gasteiger partial charge is 0.119 e. The van der Waals surface area contributed by atoms with Gasteiger partial charge in [0.1, 0.15) is 12.4 Å². The fourth-order valence-corrected chi connectivity index (χ4v) is 1.94. The molecule has 0 N–H and O–H groups in total. The maximum absolute atomic E-state index is 5.72. The van der Waals surface area contributed by atoms with Crippen molar-refractivity contribution < 1.29 is 4.74 Å². The zero-order chi connectivity index (χ0) is 15.1. The van der Waals surface area contributed by atoms with Gasteiger partial charge in [0.25, 0.3) is 0 Å². The van der Waals surface area contributed by atoms with Crippen LogP contribution in [-0.4, -0.2) is 18.5 Å². The molecule has 0 unspecified atom stereocenters. The van der Waals surface area contributed by atoms with Crippen molar-refractivity contribution in [3.8, 4) is 18.2 Å². The molecule has 0 aromatic heterocycles. The van der Waals surface area contributed by atoms with E-state index < -0.39 is 0 Å². The third-order valence-electron chi connectivity index (χ3n) is 3.16. The van der Waals surface area contributed by atoms with Gasteiger partial charge in [-0.15, -0.1) is 0 Å². The lowest BCUT2D eigenvalue weighted by atomic mass is 10.1. The van der Waals surface area contributed by atoms with Crippen LogP contribution >= 0.6 is 0 Å². The molecule has 2 nitrogen and oxygen atoms in total. The van der Waals surface area contributed by atoms with Gasteiger partial charge >= 0.3 is 0 Å². The van der Waals surface area contributed by atoms with E-state index in [1.54, 1.807) is 4.90 Å². The molecule has 0 aliphatic rings. The summed E-state index contributed by atoms with van der Waals surface area (Å²) < 4.78 is 5.72. The van der Waals surface area contributed by atoms with Crippen LogP contribution in [0, 0.1) is 12.5 Å². The van der Waals surface area contributed by atoms with Gasteiger partial charge in [0.15, 0.2) is 0 Å². The number of para-hydroxylation sites is 1. The van der Waals surface area contributed by atoms with Crippen molar-refractivity contribution in [2.75, 3.05) is 13.6 Å². The number of benzene rings is 2. The molecule has 2 heteroatoms. The Morgan fingerprint density at radius 2 is 1.81 bits per heavy atom. The highest BCUT2D eigenvalue weighted by Crippen LogP contribution is 2.16. The van der Waals surface area contributed by atoms with Crippen molar-refractivity contribution >= 4 is 5.57 Å². The van der Waals surface area contributed by atoms with Crippen molar-refractivity contribution in [3.63, 3.8) is 0 Å². The Bertz CT molecular complexity index is 623. The summed E-state index contributed by atoms with van der Waals surface area (Å²) in [4.78, 5) is 1.77. The van der Waals surface area contributed by atoms with Gasteiger partial charge in [-0.3, -0.25) is 0 Å². The molecule has 0 spiro atoms. The number of hydrogen-bond acceptors (Lipinski definition) is 2. The quantitative estimate of drug-likeness (QED) is 0.588. The Morgan fingerprint density at radius 1 is 1.14 bits per heavy atom. The minimum atomic E-state index is 0.557. The van der Waals surface area contributed by atoms with Crippen LogP contribution in [0.25, 0.3) is 5.57 Å². The Labute approximate surface area is 126 Å². The highest BCUT2D eigenvalue weighted by Gasteiger charge is 2.02. The van der Waals surface area contributed by atoms with Crippen LogP contribution in [0.5, 0.6) is 5.75 Å². The van der Waals surface area contributed by atoms with Gasteiger partial charge < -0.3 is 9.64 Å². The molecule has 0 aliphatic heterocycles. The average molecular weight is 277 g/mol. The van der Waals surface area contributed by atoms with Crippen molar-refractivity contribution in [2.45, 2.75) is 6.61 Å². The zero-order valence-corrected chi connectivity index (χ0v) is 12.3. The zero-order valence-electron chi connectivity index (χ0n) is 12.3. The van der Waals surface area contributed by atoms with Gasteiger partial charge in [-0.1, -0.05) is 55.5 Å². The molecule has 0 atom stereocenters. The summed E-state index contributed by atoms with van der Waals surface area (Å²) in [6.45, 7) is 5.29. The maximum atomic E-state index is 5.72. The Kier molecular flexibility index (Phi) is 5.06. The van der Waals surface area contributed by atoms with E-state index in [2.05, 4.69) is 36.9 Å². The molecular formula is C19H19NO. The van der Waals surface area contributed by atoms with E-state index in [4.69, 9.17) is 11.2 Å². The maximum Gasteiger partial charge on any atom is 0.119 e. The summed E-state index contributed by atoms with van der Waals surface area (Å²) >= 11 is 0. The molecule has 0 saturated carbocycles. The van der Waals surface area contributed by atoms with E-state index in [-0.39, 0.29) is 0 Å². The normalized spacial score (nSPS) is 9.71. The standard InChI is InChI=1S/C19H19NO/c1-4-20(3)14-16(2)18-12-10-17(11-13-18)15-21-19-8-6-5-7-9-19/h1,5-13H,2,14-15H2,3H3. The van der Waals surface area contributed by atoms with Crippen molar-refractivity contribution in [2.24, 2.45) is 0 Å². The lowest BCUT2D eigenvalue weighted by Gasteiger charge is -2.13. The molecule has 2 rings (SSSR count). The van der Waals surface area contributed by atoms with E-state index >= 15 is 0 Å². The van der Waals surface area contributed by atoms with Crippen LogP contribution in [0.2, 0.25) is 0 Å². The molecule has 0 fully saturated rings. The minimum Gasteiger partial charge on any atom is -0.489 e. The monoisotopic (exact) mass is 277 g/mol. The summed E-state index contributed by atoms with van der Waals surface area (Å²) in [7, 11) is 1.87. The van der Waals surface area contributed by atoms with Crippen LogP contribution in [0.1, 0.15) is 11.1 Å². The summed E-state index contributed by atoms with van der Waals surface area (Å²) in [6.07, 6.45) is 5.34. The number of hydrogen-bond donors (Lipinski definition) is 0. The second-order valence-electron chi connectivity index (χ2n) is 4.89. The average Bonchev–Trinajstić information content (AvgIpc) is 2.54. The van der Waals surface area contributed by atoms with Gasteiger partial charge in [-0.05, 0) is 28.8 Å². The third-order valence-corrected chi connectivity index (χ3v) is 3.16. The minimum absolute atomic E-state index is 0.557. The third kappa shape index (κ3) is 4.43. The largest absolute Gasteiger partial charge is 0.489 e. The molecule has 2 aromatic rings. The van der Waals surface area contributed by atoms with E-state index in [1.807, 2.05) is 37.4 Å². The predicted molar refractivity (Wildman–Crippen MR) is 87.7 cm³/mol. The molecule has 0 aliphatic carbocycles. The molecule has 106 valence electrons. The number of ether oxygens (including phenoxy) is 1. The topological polar surface area (TPSA) is 12.5 Å². The lowest BCUT2D eigenvalue weighted by Crippen LogP contribution is -2.13. The molecule has 0 heterocycles. The van der Waals surface area contributed by atoms with E-state index in [1.165, 1.54) is 0 Å². The molecular weight excluding hydrogens is 258 g/mol. The van der Waals surface area contributed by atoms with Gasteiger partial charge in [0.05, 0.1) is 6.54 Å². The number of nitrogens with zero attached hydrogens (tertiary/aromatic N) is 1. The van der Waals surface area contributed by atoms with Crippen LogP contribution < -0.4 is 4.74 Å². The SMILES string of the molecule is C#CN(C)CC(=C)c1ccc(COc2ccccc2)cc1. The van der Waals surface area contributed by atoms with Crippen LogP contribution in [-0.2, 0) is 6.61 Å². The van der Waals surface area contributed by atoms with Crippen molar-refractivity contribution in [1.82, 2.24) is 4.90 Å². The molecule has 0 amide bonds. The highest BCUT2D eigenvalue weighted by atomic mass is 16.5. The Hall–Kier alpha value is -2.66. The van der Waals surface area contributed by atoms with E-state index in [0.717, 1.165) is 22.4 Å². The van der Waals surface area contributed by atoms with Gasteiger partial charge in [0.2, 0.25) is 0 Å². The Morgan fingerprint density at radius 3 is 2.43 bits per heavy atom. The molecule has 2 aromatic carbocycles. The van der Waals surface area contributed by atoms with Gasteiger partial charge in [-0.2, -0.15) is 0 Å². The van der Waals surface area contributed by atoms with E-state index in [9.17, 15) is 0 Å². The van der Waals surface area contributed by atoms with Gasteiger partial charge in [0, 0.05) is 13.1 Å². The fraction of sp³-hybridized carbons (Fsp3) is 0.158. The summed E-state index contributed by atoms with van der Waals surface area (Å²) in [5, 5.41) is 0. The molecule has 0 bridgehead atoms. The second-order valence-corrected chi connectivity index (χ2v) is 4.89. The van der Waals surface area contributed by atoms with Crippen LogP contribution in [0.3, 0.4) is 0 Å². The predicted octanol–water partition coefficient (Wildman–Crippen LogP) is 3.80. The first-order valence-electron chi connectivity index (χ1n) is 6.81. The second kappa shape index (κ2) is 7.21. The summed E-state index contributed by atoms with van der Waals surface area (Å²) in [6, 6.07) is 20.6. The number of terminal acetylenes is 1. The molecule has 0 radical (unpaired) electrons. The lowest BCUT2D eigenvalue weighted by molar-refractivity contribution is 0.306. The number of rotatable bonds is 6.